The number of aliphatic hydroxyl groups excluding tert-OH is 1. The minimum atomic E-state index is -4.64. The lowest BCUT2D eigenvalue weighted by Gasteiger charge is -2.55. The van der Waals surface area contributed by atoms with E-state index in [9.17, 15) is 26.5 Å². The average Bonchev–Trinajstić information content (AvgIpc) is 3.15. The molecule has 0 aliphatic heterocycles. The molecule has 0 aromatic rings. The predicted molar refractivity (Wildman–Crippen MR) is 143 cm³/mol. The summed E-state index contributed by atoms with van der Waals surface area (Å²) in [6.45, 7) is 10.7. The Kier molecular flexibility index (Phi) is 8.90. The van der Waals surface area contributed by atoms with Crippen LogP contribution in [0.1, 0.15) is 78.6 Å². The van der Waals surface area contributed by atoms with Gasteiger partial charge in [-0.05, 0) is 105 Å². The predicted octanol–water partition coefficient (Wildman–Crippen LogP) is 4.76. The highest BCUT2D eigenvalue weighted by Gasteiger charge is 2.57. The summed E-state index contributed by atoms with van der Waals surface area (Å²) in [7, 11) is -9.16. The van der Waals surface area contributed by atoms with E-state index in [0.717, 1.165) is 56.1 Å². The van der Waals surface area contributed by atoms with E-state index in [1.54, 1.807) is 0 Å². The van der Waals surface area contributed by atoms with Gasteiger partial charge in [0, 0.05) is 0 Å². The van der Waals surface area contributed by atoms with Crippen molar-refractivity contribution in [2.75, 3.05) is 6.61 Å². The first kappa shape index (κ1) is 30.1. The molecule has 0 unspecified atom stereocenters. The summed E-state index contributed by atoms with van der Waals surface area (Å²) in [5, 5.41) is 10.7. The Balaban J connectivity index is 1.51. The minimum absolute atomic E-state index is 0.0106. The maximum atomic E-state index is 11.4. The number of hydrogen-bond acceptors (Lipinski definition) is 7. The standard InChI is InChI=1S/C27H44O9S2/c1-16(2)17(3)5-6-19(15-35-37(29,30)31)23-9-10-24-21-8-7-18-13-26(36-38(32,33)34)25(28)14-22(18)20(21)11-12-27(23,24)4/h7,16,19-26,28H,3,5-6,8-15H2,1-2,4H3,(H,29,30,31)(H,32,33,34)/t19-,20-,21+,22-,23+,24-,25-,26-,27+/m0/s1. The van der Waals surface area contributed by atoms with Gasteiger partial charge in [-0.3, -0.25) is 9.11 Å². The second-order valence-corrected chi connectivity index (χ2v) is 14.8. The van der Waals surface area contributed by atoms with Crippen LogP contribution in [-0.2, 0) is 29.2 Å². The number of aliphatic hydroxyl groups is 1. The molecule has 4 aliphatic carbocycles. The fourth-order valence-corrected chi connectivity index (χ4v) is 9.37. The molecular formula is C27H44O9S2. The highest BCUT2D eigenvalue weighted by molar-refractivity contribution is 7.81. The average molecular weight is 577 g/mol. The molecule has 4 aliphatic rings. The molecule has 0 amide bonds. The SMILES string of the molecule is C=C(CC[C@@H](COS(=O)(=O)O)[C@H]1CC[C@H]2[C@@H]3CC=C4C[C@H](OS(=O)(=O)O)[C@@H](O)C[C@@H]4[C@H]3CC[C@]12C)C(C)C. The molecule has 9 atom stereocenters. The molecule has 3 saturated carbocycles. The summed E-state index contributed by atoms with van der Waals surface area (Å²) in [4.78, 5) is 0. The van der Waals surface area contributed by atoms with Gasteiger partial charge in [-0.1, -0.05) is 44.6 Å². The highest BCUT2D eigenvalue weighted by Crippen LogP contribution is 2.65. The molecule has 0 bridgehead atoms. The third-order valence-electron chi connectivity index (χ3n) is 10.5. The molecule has 4 rings (SSSR count). The largest absolute Gasteiger partial charge is 0.397 e. The molecule has 11 heteroatoms. The van der Waals surface area contributed by atoms with Crippen molar-refractivity contribution in [3.8, 4) is 0 Å². The van der Waals surface area contributed by atoms with Crippen LogP contribution in [0.15, 0.2) is 23.8 Å². The van der Waals surface area contributed by atoms with Crippen LogP contribution in [0, 0.1) is 46.8 Å². The van der Waals surface area contributed by atoms with Crippen LogP contribution in [-0.4, -0.2) is 49.9 Å². The van der Waals surface area contributed by atoms with Crippen LogP contribution in [0.3, 0.4) is 0 Å². The van der Waals surface area contributed by atoms with Crippen molar-refractivity contribution in [1.29, 1.82) is 0 Å². The van der Waals surface area contributed by atoms with Gasteiger partial charge < -0.3 is 5.11 Å². The van der Waals surface area contributed by atoms with Gasteiger partial charge in [0.25, 0.3) is 0 Å². The zero-order chi connectivity index (χ0) is 28.0. The maximum Gasteiger partial charge on any atom is 0.397 e. The van der Waals surface area contributed by atoms with Gasteiger partial charge in [0.1, 0.15) is 6.10 Å². The molecule has 0 aromatic heterocycles. The van der Waals surface area contributed by atoms with Gasteiger partial charge in [-0.2, -0.15) is 16.8 Å². The Labute approximate surface area is 228 Å². The highest BCUT2D eigenvalue weighted by atomic mass is 32.3. The summed E-state index contributed by atoms with van der Waals surface area (Å²) in [5.74, 6) is 2.05. The number of rotatable bonds is 10. The maximum absolute atomic E-state index is 11.4. The van der Waals surface area contributed by atoms with Crippen molar-refractivity contribution in [3.05, 3.63) is 23.8 Å². The summed E-state index contributed by atoms with van der Waals surface area (Å²) < 4.78 is 73.5. The molecule has 9 nitrogen and oxygen atoms in total. The topological polar surface area (TPSA) is 147 Å². The number of allylic oxidation sites excluding steroid dienone is 2. The van der Waals surface area contributed by atoms with Crippen LogP contribution in [0.25, 0.3) is 0 Å². The summed E-state index contributed by atoms with van der Waals surface area (Å²) in [5.41, 5.74) is 2.26. The molecule has 0 spiro atoms. The number of fused-ring (bicyclic) bond motifs is 5. The Morgan fingerprint density at radius 3 is 2.47 bits per heavy atom. The van der Waals surface area contributed by atoms with Gasteiger partial charge >= 0.3 is 20.8 Å². The second-order valence-electron chi connectivity index (χ2n) is 12.7. The summed E-state index contributed by atoms with van der Waals surface area (Å²) in [6.07, 6.45) is 7.43. The fraction of sp³-hybridized carbons (Fsp3) is 0.852. The van der Waals surface area contributed by atoms with E-state index in [2.05, 4.69) is 33.4 Å². The lowest BCUT2D eigenvalue weighted by molar-refractivity contribution is -0.0558. The van der Waals surface area contributed by atoms with E-state index in [1.807, 2.05) is 0 Å². The monoisotopic (exact) mass is 576 g/mol. The molecule has 3 fully saturated rings. The Bertz CT molecular complexity index is 1130. The van der Waals surface area contributed by atoms with E-state index in [-0.39, 0.29) is 29.8 Å². The quantitative estimate of drug-likeness (QED) is 0.247. The first-order valence-corrected chi connectivity index (χ1v) is 16.6. The molecule has 3 N–H and O–H groups in total. The Morgan fingerprint density at radius 1 is 1.13 bits per heavy atom. The van der Waals surface area contributed by atoms with Crippen LogP contribution in [0.4, 0.5) is 0 Å². The van der Waals surface area contributed by atoms with Crippen molar-refractivity contribution in [2.45, 2.75) is 90.8 Å². The number of hydrogen-bond donors (Lipinski definition) is 3. The third kappa shape index (κ3) is 6.56. The van der Waals surface area contributed by atoms with Gasteiger partial charge in [0.05, 0.1) is 12.7 Å². The van der Waals surface area contributed by atoms with Crippen LogP contribution >= 0.6 is 0 Å². The molecule has 0 heterocycles. The van der Waals surface area contributed by atoms with Crippen LogP contribution in [0.5, 0.6) is 0 Å². The van der Waals surface area contributed by atoms with E-state index in [0.29, 0.717) is 36.5 Å². The molecule has 0 aromatic carbocycles. The smallest absolute Gasteiger partial charge is 0.390 e. The van der Waals surface area contributed by atoms with Crippen molar-refractivity contribution >= 4 is 20.8 Å². The van der Waals surface area contributed by atoms with Gasteiger partial charge in [0.15, 0.2) is 0 Å². The van der Waals surface area contributed by atoms with Gasteiger partial charge in [0.2, 0.25) is 0 Å². The normalized spacial score (nSPS) is 38.2. The van der Waals surface area contributed by atoms with E-state index >= 15 is 0 Å². The molecular weight excluding hydrogens is 532 g/mol. The lowest BCUT2D eigenvalue weighted by Crippen LogP contribution is -2.49. The first-order chi connectivity index (χ1) is 17.6. The molecule has 38 heavy (non-hydrogen) atoms. The minimum Gasteiger partial charge on any atom is -0.390 e. The van der Waals surface area contributed by atoms with E-state index in [1.165, 1.54) is 0 Å². The molecule has 218 valence electrons. The zero-order valence-corrected chi connectivity index (χ0v) is 24.3. The Morgan fingerprint density at radius 2 is 1.84 bits per heavy atom. The van der Waals surface area contributed by atoms with Gasteiger partial charge in [-0.25, -0.2) is 8.37 Å². The van der Waals surface area contributed by atoms with E-state index < -0.39 is 33.0 Å². The first-order valence-electron chi connectivity index (χ1n) is 13.9. The third-order valence-corrected chi connectivity index (χ3v) is 11.4. The summed E-state index contributed by atoms with van der Waals surface area (Å²) >= 11 is 0. The lowest BCUT2D eigenvalue weighted by atomic mass is 9.51. The van der Waals surface area contributed by atoms with Crippen LogP contribution in [0.2, 0.25) is 0 Å². The zero-order valence-electron chi connectivity index (χ0n) is 22.7. The molecule has 0 radical (unpaired) electrons. The van der Waals surface area contributed by atoms with Crippen molar-refractivity contribution in [2.24, 2.45) is 46.8 Å². The van der Waals surface area contributed by atoms with E-state index in [4.69, 9.17) is 12.9 Å². The fourth-order valence-electron chi connectivity index (χ4n) is 8.51. The van der Waals surface area contributed by atoms with Crippen molar-refractivity contribution in [1.82, 2.24) is 0 Å². The van der Waals surface area contributed by atoms with Gasteiger partial charge in [-0.15, -0.1) is 0 Å². The molecule has 0 saturated heterocycles. The second kappa shape index (κ2) is 11.2. The van der Waals surface area contributed by atoms with Crippen molar-refractivity contribution in [3.63, 3.8) is 0 Å². The Hall–Kier alpha value is -0.820. The van der Waals surface area contributed by atoms with Crippen molar-refractivity contribution < 1.29 is 39.4 Å². The van der Waals surface area contributed by atoms with Crippen LogP contribution < -0.4 is 0 Å². The summed E-state index contributed by atoms with van der Waals surface area (Å²) in [6, 6.07) is 0.